The zero-order chi connectivity index (χ0) is 24.1. The van der Waals surface area contributed by atoms with Crippen molar-refractivity contribution in [3.63, 3.8) is 0 Å². The van der Waals surface area contributed by atoms with E-state index < -0.39 is 0 Å². The van der Waals surface area contributed by atoms with E-state index in [4.69, 9.17) is 4.98 Å². The molecule has 1 aromatic carbocycles. The first-order chi connectivity index (χ1) is 17.0. The van der Waals surface area contributed by atoms with Crippen LogP contribution in [0.15, 0.2) is 61.1 Å². The van der Waals surface area contributed by atoms with E-state index in [9.17, 15) is 4.79 Å². The Kier molecular flexibility index (Phi) is 4.93. The first-order valence-corrected chi connectivity index (χ1v) is 11.9. The Hall–Kier alpha value is -4.37. The van der Waals surface area contributed by atoms with Gasteiger partial charge in [0, 0.05) is 48.1 Å². The number of aromatic amines is 2. The smallest absolute Gasteiger partial charge is 0.181 e. The molecular weight excluding hydrogens is 458 g/mol. The van der Waals surface area contributed by atoms with Crippen LogP contribution in [0, 0.1) is 0 Å². The minimum absolute atomic E-state index is 0.0645. The maximum absolute atomic E-state index is 11.8. The molecular formula is C26H21N7OS. The third-order valence-electron chi connectivity index (χ3n) is 5.95. The highest BCUT2D eigenvalue weighted by Crippen LogP contribution is 2.35. The van der Waals surface area contributed by atoms with Gasteiger partial charge in [-0.15, -0.1) is 11.3 Å². The van der Waals surface area contributed by atoms with Gasteiger partial charge in [0.25, 0.3) is 0 Å². The van der Waals surface area contributed by atoms with E-state index in [-0.39, 0.29) is 5.78 Å². The highest BCUT2D eigenvalue weighted by molar-refractivity contribution is 7.17. The Balaban J connectivity index is 1.46. The second-order valence-corrected chi connectivity index (χ2v) is 9.61. The number of anilines is 1. The van der Waals surface area contributed by atoms with Crippen LogP contribution in [-0.4, -0.2) is 50.0 Å². The quantitative estimate of drug-likeness (QED) is 0.314. The average molecular weight is 480 g/mol. The number of aromatic nitrogens is 6. The van der Waals surface area contributed by atoms with Gasteiger partial charge in [0.15, 0.2) is 17.3 Å². The lowest BCUT2D eigenvalue weighted by molar-refractivity contribution is 0.102. The van der Waals surface area contributed by atoms with E-state index in [2.05, 4.69) is 37.3 Å². The topological polar surface area (TPSA) is 103 Å². The summed E-state index contributed by atoms with van der Waals surface area (Å²) in [6.45, 7) is 1.58. The number of nitrogens with zero attached hydrogens (tertiary/aromatic N) is 5. The van der Waals surface area contributed by atoms with Crippen molar-refractivity contribution in [2.45, 2.75) is 6.92 Å². The molecule has 2 N–H and O–H groups in total. The number of nitrogens with one attached hydrogen (secondary N) is 2. The Labute approximate surface area is 204 Å². The van der Waals surface area contributed by atoms with Crippen LogP contribution >= 0.6 is 11.3 Å². The molecule has 0 fully saturated rings. The maximum Gasteiger partial charge on any atom is 0.181 e. The van der Waals surface area contributed by atoms with Crippen LogP contribution in [0.1, 0.15) is 16.6 Å². The summed E-state index contributed by atoms with van der Waals surface area (Å²) in [5.74, 6) is 0.743. The lowest BCUT2D eigenvalue weighted by atomic mass is 10.1. The minimum atomic E-state index is 0.0645. The van der Waals surface area contributed by atoms with Gasteiger partial charge in [-0.2, -0.15) is 5.10 Å². The number of carbonyl (C=O) groups is 1. The van der Waals surface area contributed by atoms with E-state index in [0.29, 0.717) is 11.5 Å². The molecule has 5 aromatic heterocycles. The number of Topliss-reactive ketones (excluding diaryl/α,β-unsaturated/α-hetero) is 1. The highest BCUT2D eigenvalue weighted by Gasteiger charge is 2.17. The standard InChI is InChI=1S/C26H21N7OS/c1-14(34)21-7-8-22(35-21)18-5-4-6-20-23(18)30-26(29-20)24-19-10-16(12-28-25(19)32-31-24)15-9-17(33(2)3)13-27-11-15/h4-13H,1-3H3,(H,29,30)(H,28,31,32). The maximum atomic E-state index is 11.8. The van der Waals surface area contributed by atoms with Gasteiger partial charge in [-0.1, -0.05) is 12.1 Å². The zero-order valence-electron chi connectivity index (χ0n) is 19.3. The molecule has 0 amide bonds. The summed E-state index contributed by atoms with van der Waals surface area (Å²) in [7, 11) is 3.98. The number of carbonyl (C=O) groups excluding carboxylic acids is 1. The molecule has 0 saturated heterocycles. The number of hydrogen-bond acceptors (Lipinski definition) is 7. The van der Waals surface area contributed by atoms with Crippen molar-refractivity contribution in [1.29, 1.82) is 0 Å². The summed E-state index contributed by atoms with van der Waals surface area (Å²) in [6, 6.07) is 14.0. The fourth-order valence-electron chi connectivity index (χ4n) is 4.09. The van der Waals surface area contributed by atoms with E-state index >= 15 is 0 Å². The monoisotopic (exact) mass is 479 g/mol. The molecule has 6 aromatic rings. The molecule has 0 unspecified atom stereocenters. The van der Waals surface area contributed by atoms with Crippen LogP contribution < -0.4 is 4.90 Å². The van der Waals surface area contributed by atoms with Crippen LogP contribution in [0.2, 0.25) is 0 Å². The number of imidazole rings is 1. The van der Waals surface area contributed by atoms with Gasteiger partial charge in [0.2, 0.25) is 0 Å². The number of ketones is 1. The van der Waals surface area contributed by atoms with Gasteiger partial charge < -0.3 is 9.88 Å². The Bertz CT molecular complexity index is 1730. The molecule has 0 spiro atoms. The summed E-state index contributed by atoms with van der Waals surface area (Å²) in [5, 5.41) is 8.37. The summed E-state index contributed by atoms with van der Waals surface area (Å²) < 4.78 is 0. The van der Waals surface area contributed by atoms with Crippen LogP contribution in [0.5, 0.6) is 0 Å². The fraction of sp³-hybridized carbons (Fsp3) is 0.115. The fourth-order valence-corrected chi connectivity index (χ4v) is 5.02. The molecule has 0 radical (unpaired) electrons. The Morgan fingerprint density at radius 3 is 2.69 bits per heavy atom. The second kappa shape index (κ2) is 8.14. The van der Waals surface area contributed by atoms with Crippen LogP contribution in [-0.2, 0) is 0 Å². The van der Waals surface area contributed by atoms with Crippen molar-refractivity contribution in [2.24, 2.45) is 0 Å². The summed E-state index contributed by atoms with van der Waals surface area (Å²) >= 11 is 1.48. The molecule has 0 atom stereocenters. The van der Waals surface area contributed by atoms with Crippen molar-refractivity contribution in [2.75, 3.05) is 19.0 Å². The number of H-pyrrole nitrogens is 2. The number of fused-ring (bicyclic) bond motifs is 2. The lowest BCUT2D eigenvalue weighted by Gasteiger charge is -2.12. The first-order valence-electron chi connectivity index (χ1n) is 11.0. The molecule has 5 heterocycles. The van der Waals surface area contributed by atoms with Crippen LogP contribution in [0.3, 0.4) is 0 Å². The zero-order valence-corrected chi connectivity index (χ0v) is 20.1. The van der Waals surface area contributed by atoms with E-state index in [1.807, 2.05) is 67.9 Å². The van der Waals surface area contributed by atoms with Crippen molar-refractivity contribution < 1.29 is 4.79 Å². The molecule has 6 rings (SSSR count). The average Bonchev–Trinajstić information content (AvgIpc) is 3.61. The van der Waals surface area contributed by atoms with E-state index in [0.717, 1.165) is 54.2 Å². The number of rotatable bonds is 5. The predicted molar refractivity (Wildman–Crippen MR) is 140 cm³/mol. The van der Waals surface area contributed by atoms with Gasteiger partial charge in [-0.3, -0.25) is 14.9 Å². The molecule has 35 heavy (non-hydrogen) atoms. The number of benzene rings is 1. The number of pyridine rings is 2. The molecule has 0 aliphatic rings. The third-order valence-corrected chi connectivity index (χ3v) is 7.17. The second-order valence-electron chi connectivity index (χ2n) is 8.53. The predicted octanol–water partition coefficient (Wildman–Crippen LogP) is 5.56. The molecule has 8 nitrogen and oxygen atoms in total. The highest BCUT2D eigenvalue weighted by atomic mass is 32.1. The van der Waals surface area contributed by atoms with Crippen LogP contribution in [0.4, 0.5) is 5.69 Å². The summed E-state index contributed by atoms with van der Waals surface area (Å²) in [5.41, 5.74) is 7.05. The van der Waals surface area contributed by atoms with E-state index in [1.54, 1.807) is 6.92 Å². The lowest BCUT2D eigenvalue weighted by Crippen LogP contribution is -2.08. The van der Waals surface area contributed by atoms with E-state index in [1.165, 1.54) is 11.3 Å². The van der Waals surface area contributed by atoms with Gasteiger partial charge in [-0.05, 0) is 37.3 Å². The van der Waals surface area contributed by atoms with Crippen LogP contribution in [0.25, 0.3) is 55.2 Å². The third kappa shape index (κ3) is 3.66. The molecule has 172 valence electrons. The van der Waals surface area contributed by atoms with Gasteiger partial charge >= 0.3 is 0 Å². The number of para-hydroxylation sites is 1. The van der Waals surface area contributed by atoms with Crippen molar-refractivity contribution in [3.8, 4) is 33.1 Å². The number of thiophene rings is 1. The van der Waals surface area contributed by atoms with Gasteiger partial charge in [-0.25, -0.2) is 9.97 Å². The van der Waals surface area contributed by atoms with Gasteiger partial charge in [0.1, 0.15) is 5.69 Å². The first kappa shape index (κ1) is 21.2. The summed E-state index contributed by atoms with van der Waals surface area (Å²) in [4.78, 5) is 32.8. The largest absolute Gasteiger partial charge is 0.376 e. The Morgan fingerprint density at radius 2 is 1.89 bits per heavy atom. The van der Waals surface area contributed by atoms with Crippen molar-refractivity contribution >= 4 is 44.9 Å². The molecule has 9 heteroatoms. The molecule has 0 aliphatic carbocycles. The van der Waals surface area contributed by atoms with Crippen molar-refractivity contribution in [1.82, 2.24) is 30.1 Å². The molecule has 0 bridgehead atoms. The normalized spacial score (nSPS) is 11.4. The SMILES string of the molecule is CC(=O)c1ccc(-c2cccc3[nH]c(-c4[nH]nc5ncc(-c6cncc(N(C)C)c6)cc45)nc23)s1. The molecule has 0 aliphatic heterocycles. The van der Waals surface area contributed by atoms with Crippen molar-refractivity contribution in [3.05, 3.63) is 65.9 Å². The minimum Gasteiger partial charge on any atom is -0.376 e. The Morgan fingerprint density at radius 1 is 1.03 bits per heavy atom. The van der Waals surface area contributed by atoms with Gasteiger partial charge in [0.05, 0.1) is 33.2 Å². The molecule has 0 saturated carbocycles. The number of hydrogen-bond donors (Lipinski definition) is 2. The summed E-state index contributed by atoms with van der Waals surface area (Å²) in [6.07, 6.45) is 5.47.